The van der Waals surface area contributed by atoms with Gasteiger partial charge in [0.25, 0.3) is 5.56 Å². The van der Waals surface area contributed by atoms with E-state index < -0.39 is 0 Å². The van der Waals surface area contributed by atoms with Crippen molar-refractivity contribution in [2.24, 2.45) is 0 Å². The van der Waals surface area contributed by atoms with E-state index >= 15 is 0 Å². The van der Waals surface area contributed by atoms with Crippen LogP contribution in [0.5, 0.6) is 5.75 Å². The Kier molecular flexibility index (Phi) is 8.69. The molecule has 7 heteroatoms. The highest BCUT2D eigenvalue weighted by Crippen LogP contribution is 2.38. The maximum absolute atomic E-state index is 13.9. The Balaban J connectivity index is 1.79. The van der Waals surface area contributed by atoms with Crippen molar-refractivity contribution < 1.29 is 9.53 Å². The lowest BCUT2D eigenvalue weighted by Crippen LogP contribution is -2.39. The number of anilines is 2. The van der Waals surface area contributed by atoms with Crippen LogP contribution in [0, 0.1) is 0 Å². The van der Waals surface area contributed by atoms with Gasteiger partial charge in [-0.2, -0.15) is 0 Å². The van der Waals surface area contributed by atoms with E-state index in [9.17, 15) is 9.59 Å². The smallest absolute Gasteiger partial charge is 0.326 e. The zero-order valence-corrected chi connectivity index (χ0v) is 23.7. The maximum atomic E-state index is 13.9. The molecule has 2 aromatic carbocycles. The second kappa shape index (κ2) is 12.2. The molecule has 7 nitrogen and oxygen atoms in total. The first-order chi connectivity index (χ1) is 18.7. The molecule has 2 amide bonds. The molecule has 4 rings (SSSR count). The van der Waals surface area contributed by atoms with Gasteiger partial charge < -0.3 is 15.0 Å². The molecule has 0 aliphatic heterocycles. The molecule has 0 spiro atoms. The van der Waals surface area contributed by atoms with Gasteiger partial charge in [0.05, 0.1) is 7.11 Å². The fourth-order valence-corrected chi connectivity index (χ4v) is 4.76. The number of methoxy groups -OCH3 is 1. The molecular weight excluding hydrogens is 488 g/mol. The molecule has 2 heterocycles. The molecule has 0 fully saturated rings. The third kappa shape index (κ3) is 6.14. The topological polar surface area (TPSA) is 87.3 Å². The number of rotatable bonds is 9. The lowest BCUT2D eigenvalue weighted by molar-refractivity contribution is 0.256. The van der Waals surface area contributed by atoms with Gasteiger partial charge in [0.15, 0.2) is 0 Å². The highest BCUT2D eigenvalue weighted by Gasteiger charge is 2.24. The van der Waals surface area contributed by atoms with Gasteiger partial charge in [-0.25, -0.2) is 9.78 Å². The van der Waals surface area contributed by atoms with E-state index in [4.69, 9.17) is 4.74 Å². The number of benzene rings is 2. The number of pyridine rings is 2. The summed E-state index contributed by atoms with van der Waals surface area (Å²) in [6, 6.07) is 17.4. The van der Waals surface area contributed by atoms with Crippen LogP contribution in [0.4, 0.5) is 16.2 Å². The quantitative estimate of drug-likeness (QED) is 0.234. The van der Waals surface area contributed by atoms with Crippen molar-refractivity contribution >= 4 is 28.4 Å². The van der Waals surface area contributed by atoms with Crippen LogP contribution in [0.3, 0.4) is 0 Å². The van der Waals surface area contributed by atoms with Crippen LogP contribution in [0.1, 0.15) is 70.4 Å². The van der Waals surface area contributed by atoms with Gasteiger partial charge in [-0.05, 0) is 83.0 Å². The normalized spacial score (nSPS) is 11.3. The van der Waals surface area contributed by atoms with Gasteiger partial charge >= 0.3 is 6.03 Å². The third-order valence-corrected chi connectivity index (χ3v) is 6.95. The summed E-state index contributed by atoms with van der Waals surface area (Å²) in [7, 11) is 1.66. The summed E-state index contributed by atoms with van der Waals surface area (Å²) in [6.07, 6.45) is 3.29. The van der Waals surface area contributed by atoms with Gasteiger partial charge in [-0.3, -0.25) is 9.69 Å². The average Bonchev–Trinajstić information content (AvgIpc) is 2.93. The molecule has 0 radical (unpaired) electrons. The van der Waals surface area contributed by atoms with E-state index in [0.29, 0.717) is 17.9 Å². The van der Waals surface area contributed by atoms with Gasteiger partial charge in [-0.15, -0.1) is 0 Å². The summed E-state index contributed by atoms with van der Waals surface area (Å²) in [5.74, 6) is 1.11. The van der Waals surface area contributed by atoms with Crippen LogP contribution >= 0.6 is 0 Å². The summed E-state index contributed by atoms with van der Waals surface area (Å²) in [6.45, 7) is 11.0. The van der Waals surface area contributed by atoms with Crippen LogP contribution < -0.4 is 20.5 Å². The Morgan fingerprint density at radius 3 is 2.36 bits per heavy atom. The summed E-state index contributed by atoms with van der Waals surface area (Å²) >= 11 is 0. The standard InChI is InChI=1S/C32H38N4O3/c1-7-8-15-36(28-19-23-12-10-14-33-30(23)35-31(28)37)32(38)34-29-26(20(2)3)17-24(18-27(29)21(4)5)22-11-9-13-25(16-22)39-6/h9-14,16-21H,7-8,15H2,1-6H3,(H,34,38)(H,33,35,37). The molecule has 0 unspecified atom stereocenters. The number of H-pyrrole nitrogens is 1. The van der Waals surface area contributed by atoms with Crippen LogP contribution in [0.25, 0.3) is 22.2 Å². The minimum Gasteiger partial charge on any atom is -0.497 e. The van der Waals surface area contributed by atoms with Crippen molar-refractivity contribution in [1.82, 2.24) is 9.97 Å². The number of carbonyl (C=O) groups is 1. The molecule has 39 heavy (non-hydrogen) atoms. The van der Waals surface area contributed by atoms with Crippen molar-refractivity contribution in [2.45, 2.75) is 59.3 Å². The molecule has 4 aromatic rings. The zero-order chi connectivity index (χ0) is 28.1. The maximum Gasteiger partial charge on any atom is 0.326 e. The summed E-state index contributed by atoms with van der Waals surface area (Å²) < 4.78 is 5.45. The fourth-order valence-electron chi connectivity index (χ4n) is 4.76. The first-order valence-electron chi connectivity index (χ1n) is 13.6. The van der Waals surface area contributed by atoms with Crippen molar-refractivity contribution in [3.63, 3.8) is 0 Å². The Labute approximate surface area is 230 Å². The highest BCUT2D eigenvalue weighted by molar-refractivity contribution is 6.03. The zero-order valence-electron chi connectivity index (χ0n) is 23.7. The van der Waals surface area contributed by atoms with Gasteiger partial charge in [0.2, 0.25) is 0 Å². The molecule has 2 aromatic heterocycles. The number of amides is 2. The molecule has 0 saturated heterocycles. The molecule has 0 aliphatic rings. The Morgan fingerprint density at radius 1 is 1.00 bits per heavy atom. The van der Waals surface area contributed by atoms with E-state index in [0.717, 1.165) is 51.9 Å². The number of ether oxygens (including phenoxy) is 1. The lowest BCUT2D eigenvalue weighted by atomic mass is 9.88. The average molecular weight is 527 g/mol. The van der Waals surface area contributed by atoms with Gasteiger partial charge in [0, 0.05) is 23.8 Å². The number of aromatic nitrogens is 2. The number of nitrogens with zero attached hydrogens (tertiary/aromatic N) is 2. The minimum atomic E-state index is -0.339. The van der Waals surface area contributed by atoms with Crippen LogP contribution in [-0.2, 0) is 0 Å². The molecule has 0 atom stereocenters. The van der Waals surface area contributed by atoms with Crippen molar-refractivity contribution in [2.75, 3.05) is 23.9 Å². The number of urea groups is 1. The molecule has 204 valence electrons. The monoisotopic (exact) mass is 526 g/mol. The van der Waals surface area contributed by atoms with Crippen molar-refractivity contribution in [1.29, 1.82) is 0 Å². The van der Waals surface area contributed by atoms with E-state index in [1.807, 2.05) is 30.3 Å². The summed E-state index contributed by atoms with van der Waals surface area (Å²) in [5, 5.41) is 3.99. The van der Waals surface area contributed by atoms with Crippen molar-refractivity contribution in [3.05, 3.63) is 82.3 Å². The predicted molar refractivity (Wildman–Crippen MR) is 160 cm³/mol. The SMILES string of the molecule is CCCCN(C(=O)Nc1c(C(C)C)cc(-c2cccc(OC)c2)cc1C(C)C)c1cc2cccnc2[nH]c1=O. The third-order valence-electron chi connectivity index (χ3n) is 6.95. The summed E-state index contributed by atoms with van der Waals surface area (Å²) in [4.78, 5) is 35.6. The summed E-state index contributed by atoms with van der Waals surface area (Å²) in [5.41, 5.74) is 5.48. The van der Waals surface area contributed by atoms with E-state index in [1.165, 1.54) is 0 Å². The number of unbranched alkanes of at least 4 members (excludes halogenated alkanes) is 1. The van der Waals surface area contributed by atoms with Crippen LogP contribution in [0.2, 0.25) is 0 Å². The number of fused-ring (bicyclic) bond motifs is 1. The van der Waals surface area contributed by atoms with E-state index in [-0.39, 0.29) is 23.4 Å². The molecule has 2 N–H and O–H groups in total. The Morgan fingerprint density at radius 2 is 1.72 bits per heavy atom. The number of carbonyl (C=O) groups excluding carboxylic acids is 1. The Hall–Kier alpha value is -4.13. The molecule has 0 saturated carbocycles. The molecule has 0 aliphatic carbocycles. The Bertz CT molecular complexity index is 1490. The second-order valence-corrected chi connectivity index (χ2v) is 10.4. The number of hydrogen-bond acceptors (Lipinski definition) is 4. The van der Waals surface area contributed by atoms with Crippen molar-refractivity contribution in [3.8, 4) is 16.9 Å². The lowest BCUT2D eigenvalue weighted by Gasteiger charge is -2.27. The molecular formula is C32H38N4O3. The number of aromatic amines is 1. The number of hydrogen-bond donors (Lipinski definition) is 2. The van der Waals surface area contributed by atoms with Crippen LogP contribution in [0.15, 0.2) is 65.6 Å². The largest absolute Gasteiger partial charge is 0.497 e. The predicted octanol–water partition coefficient (Wildman–Crippen LogP) is 7.68. The number of nitrogens with one attached hydrogen (secondary N) is 2. The van der Waals surface area contributed by atoms with E-state index in [1.54, 1.807) is 24.3 Å². The fraction of sp³-hybridized carbons (Fsp3) is 0.344. The highest BCUT2D eigenvalue weighted by atomic mass is 16.5. The van der Waals surface area contributed by atoms with Gasteiger partial charge in [-0.1, -0.05) is 53.2 Å². The first-order valence-corrected chi connectivity index (χ1v) is 13.6. The molecule has 0 bridgehead atoms. The van der Waals surface area contributed by atoms with Gasteiger partial charge in [0.1, 0.15) is 17.1 Å². The van der Waals surface area contributed by atoms with E-state index in [2.05, 4.69) is 68.1 Å². The van der Waals surface area contributed by atoms with Crippen LogP contribution in [-0.4, -0.2) is 29.7 Å². The first kappa shape index (κ1) is 27.9. The minimum absolute atomic E-state index is 0.155. The second-order valence-electron chi connectivity index (χ2n) is 10.4.